The first-order chi connectivity index (χ1) is 14.1. The highest BCUT2D eigenvalue weighted by atomic mass is 16.5. The van der Waals surface area contributed by atoms with Crippen molar-refractivity contribution in [1.82, 2.24) is 0 Å². The molecule has 5 heteroatoms. The average Bonchev–Trinajstić information content (AvgIpc) is 3.24. The molecule has 1 aliphatic rings. The van der Waals surface area contributed by atoms with Crippen LogP contribution in [0.5, 0.6) is 5.75 Å². The van der Waals surface area contributed by atoms with Crippen LogP contribution in [0.4, 0.5) is 5.69 Å². The van der Waals surface area contributed by atoms with E-state index in [-0.39, 0.29) is 24.7 Å². The Bertz CT molecular complexity index is 865. The molecular formula is C24H28N2O3. The zero-order valence-electron chi connectivity index (χ0n) is 17.1. The molecule has 0 bridgehead atoms. The molecule has 0 saturated heterocycles. The van der Waals surface area contributed by atoms with Crippen molar-refractivity contribution < 1.29 is 14.3 Å². The number of aryl methyl sites for hydroxylation is 1. The number of carbonyl (C=O) groups excluding carboxylic acids is 1. The monoisotopic (exact) mass is 392 g/mol. The van der Waals surface area contributed by atoms with E-state index in [9.17, 15) is 4.79 Å². The molecule has 0 spiro atoms. The lowest BCUT2D eigenvalue weighted by Gasteiger charge is -2.22. The van der Waals surface area contributed by atoms with Gasteiger partial charge >= 0.3 is 5.97 Å². The summed E-state index contributed by atoms with van der Waals surface area (Å²) in [4.78, 5) is 11.4. The molecule has 1 fully saturated rings. The van der Waals surface area contributed by atoms with Gasteiger partial charge in [-0.15, -0.1) is 0 Å². The molecule has 0 radical (unpaired) electrons. The zero-order valence-corrected chi connectivity index (χ0v) is 17.1. The number of nitrogens with zero attached hydrogens (tertiary/aromatic N) is 1. The van der Waals surface area contributed by atoms with Gasteiger partial charge in [-0.3, -0.25) is 4.79 Å². The van der Waals surface area contributed by atoms with Crippen molar-refractivity contribution >= 4 is 11.7 Å². The van der Waals surface area contributed by atoms with Crippen LogP contribution in [0.25, 0.3) is 0 Å². The van der Waals surface area contributed by atoms with Crippen LogP contribution in [-0.2, 0) is 16.0 Å². The second-order valence-corrected chi connectivity index (χ2v) is 7.48. The Hall–Kier alpha value is -3.00. The molecule has 1 saturated carbocycles. The summed E-state index contributed by atoms with van der Waals surface area (Å²) < 4.78 is 11.6. The molecular weight excluding hydrogens is 364 g/mol. The van der Waals surface area contributed by atoms with Gasteiger partial charge in [0.25, 0.3) is 0 Å². The Morgan fingerprint density at radius 1 is 1.21 bits per heavy atom. The topological polar surface area (TPSA) is 71.3 Å². The fourth-order valence-electron chi connectivity index (χ4n) is 3.62. The van der Waals surface area contributed by atoms with Crippen LogP contribution in [0.1, 0.15) is 62.3 Å². The zero-order chi connectivity index (χ0) is 20.6. The Morgan fingerprint density at radius 3 is 2.55 bits per heavy atom. The lowest BCUT2D eigenvalue weighted by molar-refractivity contribution is -0.141. The predicted molar refractivity (Wildman–Crippen MR) is 113 cm³/mol. The Balaban J connectivity index is 1.85. The minimum atomic E-state index is -0.314. The maximum Gasteiger partial charge on any atom is 0.302 e. The number of nitriles is 1. The standard InChI is InChI=1S/C24H28N2O3/c1-3-18-12-20(14-23(13-18)29-22-6-4-5-7-22)24(16-28-17(2)27)26-21-10-8-19(15-25)9-11-21/h8-14,22,24,26H,3-7,16H2,1-2H3. The molecule has 0 amide bonds. The van der Waals surface area contributed by atoms with E-state index in [0.717, 1.165) is 36.3 Å². The van der Waals surface area contributed by atoms with Crippen molar-refractivity contribution in [3.63, 3.8) is 0 Å². The van der Waals surface area contributed by atoms with E-state index >= 15 is 0 Å². The number of carbonyl (C=O) groups is 1. The lowest BCUT2D eigenvalue weighted by Crippen LogP contribution is -2.19. The van der Waals surface area contributed by atoms with E-state index < -0.39 is 0 Å². The predicted octanol–water partition coefficient (Wildman–Crippen LogP) is 5.16. The third-order valence-corrected chi connectivity index (χ3v) is 5.21. The van der Waals surface area contributed by atoms with Crippen molar-refractivity contribution in [2.45, 2.75) is 58.1 Å². The van der Waals surface area contributed by atoms with Crippen LogP contribution in [-0.4, -0.2) is 18.7 Å². The van der Waals surface area contributed by atoms with E-state index in [1.54, 1.807) is 12.1 Å². The Labute approximate surface area is 172 Å². The van der Waals surface area contributed by atoms with Crippen LogP contribution in [0.2, 0.25) is 0 Å². The summed E-state index contributed by atoms with van der Waals surface area (Å²) in [6.07, 6.45) is 5.83. The van der Waals surface area contributed by atoms with Crippen LogP contribution in [0.15, 0.2) is 42.5 Å². The SMILES string of the molecule is CCc1cc(OC2CCCC2)cc(C(COC(C)=O)Nc2ccc(C#N)cc2)c1. The summed E-state index contributed by atoms with van der Waals surface area (Å²) in [5.74, 6) is 0.561. The molecule has 0 aromatic heterocycles. The molecule has 1 unspecified atom stereocenters. The minimum absolute atomic E-state index is 0.214. The van der Waals surface area contributed by atoms with Crippen molar-refractivity contribution in [2.24, 2.45) is 0 Å². The van der Waals surface area contributed by atoms with Gasteiger partial charge in [-0.05, 0) is 79.6 Å². The largest absolute Gasteiger partial charge is 0.490 e. The van der Waals surface area contributed by atoms with E-state index in [0.29, 0.717) is 5.56 Å². The van der Waals surface area contributed by atoms with Gasteiger partial charge in [0.05, 0.1) is 23.8 Å². The van der Waals surface area contributed by atoms with Crippen LogP contribution in [0, 0.1) is 11.3 Å². The average molecular weight is 392 g/mol. The van der Waals surface area contributed by atoms with Crippen LogP contribution < -0.4 is 10.1 Å². The summed E-state index contributed by atoms with van der Waals surface area (Å²) in [5, 5.41) is 12.4. The maximum atomic E-state index is 11.4. The molecule has 29 heavy (non-hydrogen) atoms. The molecule has 1 N–H and O–H groups in total. The minimum Gasteiger partial charge on any atom is -0.490 e. The van der Waals surface area contributed by atoms with Gasteiger partial charge in [0.2, 0.25) is 0 Å². The number of benzene rings is 2. The number of nitrogens with one attached hydrogen (secondary N) is 1. The van der Waals surface area contributed by atoms with Gasteiger partial charge < -0.3 is 14.8 Å². The first-order valence-electron chi connectivity index (χ1n) is 10.3. The number of anilines is 1. The van der Waals surface area contributed by atoms with Crippen molar-refractivity contribution in [1.29, 1.82) is 5.26 Å². The van der Waals surface area contributed by atoms with Gasteiger partial charge in [-0.1, -0.05) is 13.0 Å². The van der Waals surface area contributed by atoms with E-state index in [4.69, 9.17) is 14.7 Å². The summed E-state index contributed by atoms with van der Waals surface area (Å²) in [5.41, 5.74) is 3.67. The van der Waals surface area contributed by atoms with E-state index in [1.807, 2.05) is 18.2 Å². The van der Waals surface area contributed by atoms with Crippen LogP contribution in [0.3, 0.4) is 0 Å². The molecule has 3 rings (SSSR count). The van der Waals surface area contributed by atoms with Gasteiger partial charge in [0, 0.05) is 12.6 Å². The fourth-order valence-corrected chi connectivity index (χ4v) is 3.62. The molecule has 1 aliphatic carbocycles. The quantitative estimate of drug-likeness (QED) is 0.629. The van der Waals surface area contributed by atoms with Crippen molar-refractivity contribution in [3.05, 3.63) is 59.2 Å². The molecule has 1 atom stereocenters. The Morgan fingerprint density at radius 2 is 1.93 bits per heavy atom. The van der Waals surface area contributed by atoms with E-state index in [1.165, 1.54) is 25.3 Å². The smallest absolute Gasteiger partial charge is 0.302 e. The number of ether oxygens (including phenoxy) is 2. The summed E-state index contributed by atoms with van der Waals surface area (Å²) in [6.45, 7) is 3.74. The third-order valence-electron chi connectivity index (χ3n) is 5.21. The van der Waals surface area contributed by atoms with Crippen molar-refractivity contribution in [2.75, 3.05) is 11.9 Å². The molecule has 0 aliphatic heterocycles. The Kier molecular flexibility index (Phi) is 7.13. The second kappa shape index (κ2) is 9.97. The summed E-state index contributed by atoms with van der Waals surface area (Å²) in [7, 11) is 0. The lowest BCUT2D eigenvalue weighted by atomic mass is 10.0. The first-order valence-corrected chi connectivity index (χ1v) is 10.3. The third kappa shape index (κ3) is 5.99. The summed E-state index contributed by atoms with van der Waals surface area (Å²) in [6, 6.07) is 15.4. The van der Waals surface area contributed by atoms with Gasteiger partial charge in [-0.25, -0.2) is 0 Å². The first kappa shape index (κ1) is 20.7. The number of hydrogen-bond acceptors (Lipinski definition) is 5. The molecule has 152 valence electrons. The highest BCUT2D eigenvalue weighted by Crippen LogP contribution is 2.29. The summed E-state index contributed by atoms with van der Waals surface area (Å²) >= 11 is 0. The molecule has 2 aromatic carbocycles. The van der Waals surface area contributed by atoms with Crippen LogP contribution >= 0.6 is 0 Å². The normalized spacial score (nSPS) is 14.8. The van der Waals surface area contributed by atoms with Gasteiger partial charge in [0.1, 0.15) is 12.4 Å². The molecule has 0 heterocycles. The molecule has 5 nitrogen and oxygen atoms in total. The maximum absolute atomic E-state index is 11.4. The van der Waals surface area contributed by atoms with Crippen molar-refractivity contribution in [3.8, 4) is 11.8 Å². The van der Waals surface area contributed by atoms with Gasteiger partial charge in [0.15, 0.2) is 0 Å². The van der Waals surface area contributed by atoms with Gasteiger partial charge in [-0.2, -0.15) is 5.26 Å². The number of esters is 1. The fraction of sp³-hybridized carbons (Fsp3) is 0.417. The number of rotatable bonds is 8. The molecule has 2 aromatic rings. The second-order valence-electron chi connectivity index (χ2n) is 7.48. The van der Waals surface area contributed by atoms with E-state index in [2.05, 4.69) is 30.4 Å². The number of hydrogen-bond donors (Lipinski definition) is 1. The highest BCUT2D eigenvalue weighted by Gasteiger charge is 2.19. The highest BCUT2D eigenvalue weighted by molar-refractivity contribution is 5.66.